The van der Waals surface area contributed by atoms with E-state index in [1.54, 1.807) is 49.8 Å². The minimum atomic E-state index is 0.697. The summed E-state index contributed by atoms with van der Waals surface area (Å²) >= 11 is 0. The fourth-order valence-electron chi connectivity index (χ4n) is 12.7. The fraction of sp³-hybridized carbons (Fsp3) is 1.00. The molecule has 9 rings (SSSR count). The first kappa shape index (κ1) is 98.0. The molecule has 0 aromatic heterocycles. The molecule has 0 amide bonds. The van der Waals surface area contributed by atoms with Gasteiger partial charge in [0, 0.05) is 358 Å². The van der Waals surface area contributed by atoms with Gasteiger partial charge in [0.2, 0.25) is 0 Å². The van der Waals surface area contributed by atoms with E-state index < -0.39 is 0 Å². The van der Waals surface area contributed by atoms with E-state index in [2.05, 4.69) is 152 Å². The molecule has 0 aromatic carbocycles. The Hall–Kier alpha value is -1.08. The van der Waals surface area contributed by atoms with Crippen LogP contribution < -0.4 is 0 Å². The summed E-state index contributed by atoms with van der Waals surface area (Å²) in [4.78, 5) is 44.1. The first-order valence-electron chi connectivity index (χ1n) is 40.3. The van der Waals surface area contributed by atoms with Crippen molar-refractivity contribution in [2.24, 2.45) is 0 Å². The first-order chi connectivity index (χ1) is 50.0. The Bertz CT molecular complexity index is 1690. The molecule has 27 nitrogen and oxygen atoms in total. The van der Waals surface area contributed by atoms with E-state index in [9.17, 15) is 0 Å². The maximum atomic E-state index is 5.42. The number of piperazine rings is 9. The molecule has 9 fully saturated rings. The standard InChI is InChI=1S/C12H26N4.C11H24N2O2.2C10H22N2O2.C10H22N2O.C9H20N2O.C8H18N2O.C6H14N2/c1-13-3-7-15(8-4-13)11-12-16-9-5-14(2)6-10-16;1-12-5-7-13(8-6-12)4-3-9-15-11-10-14-2;1-13-9-7-11-3-5-12(6-4-11)8-10-14-2;1-11-3-5-12(6-4-11)7-8-14-10-9-13-2;1-11-6-8-12(9-7-11)5-3-4-10-13-2;1-10-5-7-11(8-6-10)4-3-9-12-2;1-9-3-5-10(6-4-9)7-8-11-2;1-7-3-5-8(2)6-4-7/h3-12H2,1-2H3;3-11H2,1-2H3;2*3-10H2,1-2H3;3-10H2,1-2H3;3-9H2,1-2H3;3-8H2,1-2H3;3-6H2,1-2H3. The van der Waals surface area contributed by atoms with Crippen LogP contribution in [0.3, 0.4) is 0 Å². The van der Waals surface area contributed by atoms with Gasteiger partial charge >= 0.3 is 0 Å². The summed E-state index contributed by atoms with van der Waals surface area (Å²) in [5.74, 6) is 0. The van der Waals surface area contributed by atoms with E-state index in [-0.39, 0.29) is 0 Å². The van der Waals surface area contributed by atoms with Crippen molar-refractivity contribution < 1.29 is 42.6 Å². The molecule has 103 heavy (non-hydrogen) atoms. The van der Waals surface area contributed by atoms with E-state index in [1.165, 1.54) is 261 Å². The highest BCUT2D eigenvalue weighted by molar-refractivity contribution is 4.77. The zero-order chi connectivity index (χ0) is 75.2. The Morgan fingerprint density at radius 2 is 0.320 bits per heavy atom. The molecule has 9 aliphatic heterocycles. The maximum absolute atomic E-state index is 5.42. The lowest BCUT2D eigenvalue weighted by Gasteiger charge is -2.36. The number of unbranched alkanes of at least 4 members (excludes halogenated alkanes) is 1. The fourth-order valence-corrected chi connectivity index (χ4v) is 12.7. The van der Waals surface area contributed by atoms with Crippen molar-refractivity contribution >= 4 is 0 Å². The van der Waals surface area contributed by atoms with Gasteiger partial charge < -0.3 is 101 Å². The summed E-state index contributed by atoms with van der Waals surface area (Å²) in [6, 6.07) is 0. The van der Waals surface area contributed by atoms with Crippen molar-refractivity contribution in [2.45, 2.75) is 25.7 Å². The van der Waals surface area contributed by atoms with Gasteiger partial charge in [-0.3, -0.25) is 29.4 Å². The normalized spacial score (nSPS) is 22.1. The molecule has 0 unspecified atom stereocenters. The van der Waals surface area contributed by atoms with Gasteiger partial charge in [0.15, 0.2) is 0 Å². The van der Waals surface area contributed by atoms with Crippen LogP contribution in [0.4, 0.5) is 0 Å². The molecule has 27 heteroatoms. The molecule has 9 heterocycles. The molecule has 616 valence electrons. The molecule has 0 saturated carbocycles. The van der Waals surface area contributed by atoms with Crippen molar-refractivity contribution in [3.8, 4) is 0 Å². The predicted octanol–water partition coefficient (Wildman–Crippen LogP) is 0.236. The lowest BCUT2D eigenvalue weighted by Crippen LogP contribution is -2.50. The second-order valence-corrected chi connectivity index (χ2v) is 29.9. The van der Waals surface area contributed by atoms with Crippen LogP contribution in [0.25, 0.3) is 0 Å². The predicted molar refractivity (Wildman–Crippen MR) is 429 cm³/mol. The quantitative estimate of drug-likeness (QED) is 0.0812. The molecule has 0 bridgehead atoms. The van der Waals surface area contributed by atoms with Crippen molar-refractivity contribution in [1.82, 2.24) is 88.2 Å². The Labute approximate surface area is 634 Å². The van der Waals surface area contributed by atoms with Crippen LogP contribution in [0, 0.1) is 0 Å². The maximum Gasteiger partial charge on any atom is 0.0700 e. The van der Waals surface area contributed by atoms with E-state index in [4.69, 9.17) is 42.6 Å². The van der Waals surface area contributed by atoms with Gasteiger partial charge in [0.05, 0.1) is 52.9 Å². The highest BCUT2D eigenvalue weighted by Crippen LogP contribution is 2.07. The van der Waals surface area contributed by atoms with E-state index in [0.29, 0.717) is 19.8 Å². The average Bonchev–Trinajstić information content (AvgIpc) is 0.956. The molecular formula is C76H168N18O9. The highest BCUT2D eigenvalue weighted by Gasteiger charge is 2.21. The Morgan fingerprint density at radius 3 is 0.573 bits per heavy atom. The number of hydrogen-bond acceptors (Lipinski definition) is 27. The van der Waals surface area contributed by atoms with Gasteiger partial charge in [0.1, 0.15) is 0 Å². The monoisotopic (exact) mass is 1480 g/mol. The van der Waals surface area contributed by atoms with Gasteiger partial charge in [-0.15, -0.1) is 0 Å². The summed E-state index contributed by atoms with van der Waals surface area (Å²) in [6.07, 6.45) is 4.77. The van der Waals surface area contributed by atoms with Gasteiger partial charge in [-0.25, -0.2) is 0 Å². The number of likely N-dealkylation sites (N-methyl/N-ethyl adjacent to an activating group) is 9. The molecule has 9 saturated heterocycles. The highest BCUT2D eigenvalue weighted by atomic mass is 16.5. The SMILES string of the molecule is CN1CCN(C)CC1.CN1CCN(CCN2CCN(C)CC2)CC1.COCCCCN1CCN(C)CC1.COCCCN1CCN(C)CC1.COCCN1CCN(C)CC1.COCCN1CCN(CCOC)CC1.COCCOCCCN1CCN(C)CC1.COCCOCCN1CCN(C)CC1. The van der Waals surface area contributed by atoms with Crippen LogP contribution in [-0.4, -0.2) is 569 Å². The van der Waals surface area contributed by atoms with Crippen molar-refractivity contribution in [1.29, 1.82) is 0 Å². The van der Waals surface area contributed by atoms with Crippen LogP contribution in [-0.2, 0) is 42.6 Å². The molecule has 9 aliphatic rings. The summed E-state index contributed by atoms with van der Waals surface area (Å²) < 4.78 is 45.8. The molecule has 0 radical (unpaired) electrons. The Morgan fingerprint density at radius 1 is 0.146 bits per heavy atom. The number of nitrogens with zero attached hydrogens (tertiary/aromatic N) is 18. The number of rotatable bonds is 34. The third-order valence-electron chi connectivity index (χ3n) is 21.0. The summed E-state index contributed by atoms with van der Waals surface area (Å²) in [6.45, 7) is 62.9. The van der Waals surface area contributed by atoms with E-state index in [1.807, 2.05) is 0 Å². The molecular weight excluding hydrogens is 1310 g/mol. The van der Waals surface area contributed by atoms with Crippen LogP contribution >= 0.6 is 0 Å². The average molecular weight is 1480 g/mol. The van der Waals surface area contributed by atoms with Crippen molar-refractivity contribution in [2.75, 3.05) is 480 Å². The zero-order valence-electron chi connectivity index (χ0n) is 70.2. The number of hydrogen-bond donors (Lipinski definition) is 0. The zero-order valence-corrected chi connectivity index (χ0v) is 70.2. The lowest BCUT2D eigenvalue weighted by molar-refractivity contribution is 0.0486. The van der Waals surface area contributed by atoms with Crippen molar-refractivity contribution in [3.05, 3.63) is 0 Å². The third kappa shape index (κ3) is 56.7. The van der Waals surface area contributed by atoms with Gasteiger partial charge in [0.25, 0.3) is 0 Å². The molecule has 0 N–H and O–H groups in total. The number of methoxy groups -OCH3 is 7. The second kappa shape index (κ2) is 67.8. The third-order valence-corrected chi connectivity index (χ3v) is 21.0. The summed E-state index contributed by atoms with van der Waals surface area (Å²) in [5, 5.41) is 0. The van der Waals surface area contributed by atoms with E-state index >= 15 is 0 Å². The molecule has 0 atom stereocenters. The van der Waals surface area contributed by atoms with Crippen LogP contribution in [0.5, 0.6) is 0 Å². The topological polar surface area (TPSA) is 141 Å². The Balaban J connectivity index is 0.000000402. The Kier molecular flexibility index (Phi) is 64.5. The van der Waals surface area contributed by atoms with E-state index in [0.717, 1.165) is 112 Å². The molecule has 0 aromatic rings. The van der Waals surface area contributed by atoms with Gasteiger partial charge in [-0.05, 0) is 95.7 Å². The summed E-state index contributed by atoms with van der Waals surface area (Å²) in [7, 11) is 31.9. The smallest absolute Gasteiger partial charge is 0.0700 e. The lowest BCUT2D eigenvalue weighted by atomic mass is 10.2. The number of ether oxygens (including phenoxy) is 9. The molecule has 0 aliphatic carbocycles. The van der Waals surface area contributed by atoms with Crippen molar-refractivity contribution in [3.63, 3.8) is 0 Å². The minimum Gasteiger partial charge on any atom is -0.385 e. The minimum absolute atomic E-state index is 0.697. The van der Waals surface area contributed by atoms with Gasteiger partial charge in [-0.1, -0.05) is 0 Å². The van der Waals surface area contributed by atoms with Crippen LogP contribution in [0.1, 0.15) is 25.7 Å². The molecule has 0 spiro atoms. The summed E-state index contributed by atoms with van der Waals surface area (Å²) in [5.41, 5.74) is 0. The largest absolute Gasteiger partial charge is 0.385 e. The second-order valence-electron chi connectivity index (χ2n) is 29.9. The van der Waals surface area contributed by atoms with Crippen LogP contribution in [0.15, 0.2) is 0 Å². The first-order valence-corrected chi connectivity index (χ1v) is 40.3. The van der Waals surface area contributed by atoms with Crippen LogP contribution in [0.2, 0.25) is 0 Å². The van der Waals surface area contributed by atoms with Gasteiger partial charge in [-0.2, -0.15) is 0 Å².